The molecule has 5 nitrogen and oxygen atoms in total. The number of rotatable bonds is 6. The molecule has 0 saturated heterocycles. The van der Waals surface area contributed by atoms with E-state index in [2.05, 4.69) is 34.1 Å². The fourth-order valence-corrected chi connectivity index (χ4v) is 3.49. The van der Waals surface area contributed by atoms with E-state index in [-0.39, 0.29) is 11.8 Å². The molecule has 0 aliphatic heterocycles. The highest BCUT2D eigenvalue weighted by molar-refractivity contribution is 6.04. The second-order valence-corrected chi connectivity index (χ2v) is 7.49. The maximum absolute atomic E-state index is 13.0. The van der Waals surface area contributed by atoms with Crippen LogP contribution < -0.4 is 5.32 Å². The Morgan fingerprint density at radius 2 is 1.93 bits per heavy atom. The van der Waals surface area contributed by atoms with E-state index in [1.165, 1.54) is 5.52 Å². The van der Waals surface area contributed by atoms with E-state index in [1.54, 1.807) is 0 Å². The number of benzene rings is 2. The van der Waals surface area contributed by atoms with Crippen molar-refractivity contribution in [3.8, 4) is 11.5 Å². The molecule has 0 fully saturated rings. The Morgan fingerprint density at radius 1 is 1.14 bits per heavy atom. The molecule has 0 unspecified atom stereocenters. The molecule has 0 aliphatic rings. The van der Waals surface area contributed by atoms with Crippen molar-refractivity contribution in [1.29, 1.82) is 0 Å². The van der Waals surface area contributed by atoms with E-state index >= 15 is 0 Å². The number of hydrogen-bond acceptors (Lipinski definition) is 3. The first-order valence-corrected chi connectivity index (χ1v) is 10.0. The first kappa shape index (κ1) is 19.0. The zero-order valence-electron chi connectivity index (χ0n) is 17.0. The Hall–Kier alpha value is -3.34. The summed E-state index contributed by atoms with van der Waals surface area (Å²) in [6.45, 7) is 7.13. The summed E-state index contributed by atoms with van der Waals surface area (Å²) in [4.78, 5) is 17.5. The predicted molar refractivity (Wildman–Crippen MR) is 116 cm³/mol. The van der Waals surface area contributed by atoms with E-state index < -0.39 is 0 Å². The molecule has 4 aromatic rings. The molecule has 0 radical (unpaired) electrons. The first-order valence-electron chi connectivity index (χ1n) is 10.0. The summed E-state index contributed by atoms with van der Waals surface area (Å²) >= 11 is 0. The van der Waals surface area contributed by atoms with Gasteiger partial charge in [-0.05, 0) is 42.8 Å². The summed E-state index contributed by atoms with van der Waals surface area (Å²) in [5.41, 5.74) is 3.10. The van der Waals surface area contributed by atoms with E-state index in [1.807, 2.05) is 62.4 Å². The number of carbonyl (C=O) groups is 1. The van der Waals surface area contributed by atoms with Crippen molar-refractivity contribution in [2.75, 3.05) is 5.32 Å². The molecular weight excluding hydrogens is 362 g/mol. The minimum atomic E-state index is -0.257. The highest BCUT2D eigenvalue weighted by Crippen LogP contribution is 2.28. The summed E-state index contributed by atoms with van der Waals surface area (Å²) in [6, 6.07) is 17.7. The number of aromatic nitrogens is 2. The van der Waals surface area contributed by atoms with Crippen LogP contribution in [0.3, 0.4) is 0 Å². The van der Waals surface area contributed by atoms with Crippen LogP contribution >= 0.6 is 0 Å². The van der Waals surface area contributed by atoms with Gasteiger partial charge in [-0.15, -0.1) is 0 Å². The molecule has 148 valence electrons. The summed E-state index contributed by atoms with van der Waals surface area (Å²) in [6.07, 6.45) is 3.16. The normalized spacial score (nSPS) is 11.3. The maximum Gasteiger partial charge on any atom is 0.277 e. The molecule has 5 heteroatoms. The van der Waals surface area contributed by atoms with Gasteiger partial charge in [-0.25, -0.2) is 4.98 Å². The third-order valence-corrected chi connectivity index (χ3v) is 4.91. The quantitative estimate of drug-likeness (QED) is 0.436. The highest BCUT2D eigenvalue weighted by atomic mass is 16.4. The zero-order valence-corrected chi connectivity index (χ0v) is 17.0. The van der Waals surface area contributed by atoms with Gasteiger partial charge in [-0.1, -0.05) is 39.0 Å². The zero-order chi connectivity index (χ0) is 20.4. The monoisotopic (exact) mass is 387 g/mol. The number of hydrogen-bond donors (Lipinski definition) is 1. The molecule has 29 heavy (non-hydrogen) atoms. The standard InChI is InChI=1S/C24H25N3O2/c1-4-13-27-14-12-18-15-19(10-11-20(18)27)25-23(28)21-22(16(2)3)29-24(26-21)17-8-6-5-7-9-17/h5-12,14-16H,4,13H2,1-3H3,(H,25,28). The minimum absolute atomic E-state index is 0.0475. The lowest BCUT2D eigenvalue weighted by atomic mass is 10.1. The molecule has 0 bridgehead atoms. The molecule has 2 heterocycles. The van der Waals surface area contributed by atoms with Crippen LogP contribution in [0.4, 0.5) is 5.69 Å². The fraction of sp³-hybridized carbons (Fsp3) is 0.250. The summed E-state index contributed by atoms with van der Waals surface area (Å²) in [7, 11) is 0. The number of fused-ring (bicyclic) bond motifs is 1. The number of aryl methyl sites for hydroxylation is 1. The van der Waals surface area contributed by atoms with Gasteiger partial charge in [0.1, 0.15) is 5.76 Å². The lowest BCUT2D eigenvalue weighted by Crippen LogP contribution is -2.14. The Bertz CT molecular complexity index is 1140. The molecule has 1 N–H and O–H groups in total. The number of nitrogens with zero attached hydrogens (tertiary/aromatic N) is 2. The third kappa shape index (κ3) is 3.81. The summed E-state index contributed by atoms with van der Waals surface area (Å²) in [5, 5.41) is 4.08. The average molecular weight is 387 g/mol. The van der Waals surface area contributed by atoms with Crippen LogP contribution in [0.5, 0.6) is 0 Å². The van der Waals surface area contributed by atoms with Crippen LogP contribution in [-0.2, 0) is 6.54 Å². The second kappa shape index (κ2) is 7.95. The van der Waals surface area contributed by atoms with E-state index in [0.717, 1.165) is 29.6 Å². The van der Waals surface area contributed by atoms with Gasteiger partial charge in [0.25, 0.3) is 5.91 Å². The molecule has 0 aliphatic carbocycles. The van der Waals surface area contributed by atoms with Crippen LogP contribution in [0.25, 0.3) is 22.4 Å². The van der Waals surface area contributed by atoms with Crippen molar-refractivity contribution < 1.29 is 9.21 Å². The number of carbonyl (C=O) groups excluding carboxylic acids is 1. The number of anilines is 1. The summed E-state index contributed by atoms with van der Waals surface area (Å²) < 4.78 is 8.17. The van der Waals surface area contributed by atoms with Gasteiger partial charge < -0.3 is 14.3 Å². The smallest absolute Gasteiger partial charge is 0.277 e. The van der Waals surface area contributed by atoms with Gasteiger partial charge in [0.05, 0.1) is 0 Å². The number of amides is 1. The molecule has 2 aromatic heterocycles. The SMILES string of the molecule is CCCn1ccc2cc(NC(=O)c3nc(-c4ccccc4)oc3C(C)C)ccc21. The van der Waals surface area contributed by atoms with Gasteiger partial charge in [0.15, 0.2) is 5.69 Å². The van der Waals surface area contributed by atoms with Gasteiger partial charge >= 0.3 is 0 Å². The lowest BCUT2D eigenvalue weighted by Gasteiger charge is -2.07. The van der Waals surface area contributed by atoms with Crippen LogP contribution in [0, 0.1) is 0 Å². The van der Waals surface area contributed by atoms with E-state index in [4.69, 9.17) is 4.42 Å². The summed E-state index contributed by atoms with van der Waals surface area (Å²) in [5.74, 6) is 0.848. The Labute approximate surface area is 170 Å². The van der Waals surface area contributed by atoms with Crippen molar-refractivity contribution >= 4 is 22.5 Å². The highest BCUT2D eigenvalue weighted by Gasteiger charge is 2.23. The average Bonchev–Trinajstić information content (AvgIpc) is 3.34. The minimum Gasteiger partial charge on any atom is -0.440 e. The number of oxazole rings is 1. The van der Waals surface area contributed by atoms with Crippen molar-refractivity contribution in [2.24, 2.45) is 0 Å². The Morgan fingerprint density at radius 3 is 2.66 bits per heavy atom. The fourth-order valence-electron chi connectivity index (χ4n) is 3.49. The maximum atomic E-state index is 13.0. The van der Waals surface area contributed by atoms with Crippen molar-refractivity contribution in [2.45, 2.75) is 39.7 Å². The molecule has 4 rings (SSSR count). The van der Waals surface area contributed by atoms with Gasteiger partial charge in [-0.3, -0.25) is 4.79 Å². The van der Waals surface area contributed by atoms with Crippen molar-refractivity contribution in [3.05, 3.63) is 72.2 Å². The molecular formula is C24H25N3O2. The van der Waals surface area contributed by atoms with Crippen molar-refractivity contribution in [3.63, 3.8) is 0 Å². The number of nitrogens with one attached hydrogen (secondary N) is 1. The first-order chi connectivity index (χ1) is 14.1. The topological polar surface area (TPSA) is 60.1 Å². The van der Waals surface area contributed by atoms with Crippen LogP contribution in [0.1, 0.15) is 49.4 Å². The van der Waals surface area contributed by atoms with Gasteiger partial charge in [-0.2, -0.15) is 0 Å². The molecule has 0 saturated carbocycles. The molecule has 1 amide bonds. The second-order valence-electron chi connectivity index (χ2n) is 7.49. The van der Waals surface area contributed by atoms with Crippen LogP contribution in [0.2, 0.25) is 0 Å². The lowest BCUT2D eigenvalue weighted by molar-refractivity contribution is 0.102. The molecule has 2 aromatic carbocycles. The van der Waals surface area contributed by atoms with Gasteiger partial charge in [0, 0.05) is 40.8 Å². The van der Waals surface area contributed by atoms with E-state index in [9.17, 15) is 4.79 Å². The van der Waals surface area contributed by atoms with Gasteiger partial charge in [0.2, 0.25) is 5.89 Å². The van der Waals surface area contributed by atoms with E-state index in [0.29, 0.717) is 17.3 Å². The van der Waals surface area contributed by atoms with Crippen LogP contribution in [0.15, 0.2) is 65.2 Å². The Balaban J connectivity index is 1.62. The van der Waals surface area contributed by atoms with Crippen LogP contribution in [-0.4, -0.2) is 15.5 Å². The largest absolute Gasteiger partial charge is 0.440 e. The molecule has 0 spiro atoms. The third-order valence-electron chi connectivity index (χ3n) is 4.91. The Kier molecular flexibility index (Phi) is 5.21. The molecule has 0 atom stereocenters. The predicted octanol–water partition coefficient (Wildman–Crippen LogP) is 6.08. The van der Waals surface area contributed by atoms with Crippen molar-refractivity contribution in [1.82, 2.24) is 9.55 Å².